The van der Waals surface area contributed by atoms with Gasteiger partial charge < -0.3 is 21.5 Å². The normalized spacial score (nSPS) is 21.4. The fourth-order valence-corrected chi connectivity index (χ4v) is 7.52. The van der Waals surface area contributed by atoms with E-state index in [-0.39, 0.29) is 29.1 Å². The summed E-state index contributed by atoms with van der Waals surface area (Å²) in [5, 5.41) is 16.2. The molecule has 0 radical (unpaired) electrons. The molecule has 4 rings (SSSR count). The predicted molar refractivity (Wildman–Crippen MR) is 144 cm³/mol. The number of halogens is 2. The molecule has 9 nitrogen and oxygen atoms in total. The van der Waals surface area contributed by atoms with E-state index in [1.54, 1.807) is 0 Å². The van der Waals surface area contributed by atoms with E-state index in [0.717, 1.165) is 49.2 Å². The summed E-state index contributed by atoms with van der Waals surface area (Å²) in [6.45, 7) is 1.62. The zero-order valence-electron chi connectivity index (χ0n) is 21.2. The Kier molecular flexibility index (Phi) is 9.69. The highest BCUT2D eigenvalue weighted by Crippen LogP contribution is 2.31. The standard InChI is InChI=1S/C25H35F2N5O4S2/c26-19-3-1-4-20(27)21(19)22(34)23-24(28)31-25(37-23)30-18-9-12-32(13-10-18)38(35,36)14-2-11-29-17-7-5-16(15-33)6-8-17/h1,3-4,16-18,29,33H,2,5-15,28H2,(H,30,31). The molecule has 1 aliphatic carbocycles. The van der Waals surface area contributed by atoms with Crippen molar-refractivity contribution >= 4 is 38.1 Å². The van der Waals surface area contributed by atoms with Crippen molar-refractivity contribution in [2.75, 3.05) is 43.0 Å². The second-order valence-corrected chi connectivity index (χ2v) is 13.1. The fraction of sp³-hybridized carbons (Fsp3) is 0.600. The highest BCUT2D eigenvalue weighted by atomic mass is 32.2. The van der Waals surface area contributed by atoms with Crippen LogP contribution in [0.25, 0.3) is 0 Å². The van der Waals surface area contributed by atoms with Crippen LogP contribution in [-0.2, 0) is 10.0 Å². The lowest BCUT2D eigenvalue weighted by Gasteiger charge is -2.31. The Morgan fingerprint density at radius 1 is 1.11 bits per heavy atom. The molecule has 0 unspecified atom stereocenters. The second-order valence-electron chi connectivity index (χ2n) is 10.0. The molecule has 1 saturated carbocycles. The van der Waals surface area contributed by atoms with Crippen LogP contribution in [0.2, 0.25) is 0 Å². The summed E-state index contributed by atoms with van der Waals surface area (Å²) in [4.78, 5) is 16.8. The molecule has 2 heterocycles. The number of thiazole rings is 1. The number of nitrogen functional groups attached to an aromatic ring is 1. The predicted octanol–water partition coefficient (Wildman–Crippen LogP) is 2.97. The van der Waals surface area contributed by atoms with Gasteiger partial charge in [-0.15, -0.1) is 0 Å². The van der Waals surface area contributed by atoms with Crippen molar-refractivity contribution in [3.63, 3.8) is 0 Å². The Bertz CT molecular complexity index is 1190. The summed E-state index contributed by atoms with van der Waals surface area (Å²) in [5.74, 6) is -2.42. The maximum atomic E-state index is 14.0. The number of hydrogen-bond acceptors (Lipinski definition) is 9. The van der Waals surface area contributed by atoms with Crippen molar-refractivity contribution in [3.05, 3.63) is 40.3 Å². The van der Waals surface area contributed by atoms with Gasteiger partial charge in [-0.3, -0.25) is 4.79 Å². The quantitative estimate of drug-likeness (QED) is 0.239. The van der Waals surface area contributed by atoms with Crippen LogP contribution in [0, 0.1) is 17.6 Å². The van der Waals surface area contributed by atoms with Gasteiger partial charge in [0.05, 0.1) is 11.3 Å². The van der Waals surface area contributed by atoms with Crippen LogP contribution in [0.1, 0.15) is 60.2 Å². The first-order valence-electron chi connectivity index (χ1n) is 13.0. The number of benzene rings is 1. The molecular weight excluding hydrogens is 536 g/mol. The third-order valence-corrected chi connectivity index (χ3v) is 10.3. The summed E-state index contributed by atoms with van der Waals surface area (Å²) in [7, 11) is -3.36. The molecule has 2 aromatic rings. The molecule has 13 heteroatoms. The summed E-state index contributed by atoms with van der Waals surface area (Å²) >= 11 is 0.925. The van der Waals surface area contributed by atoms with Gasteiger partial charge in [-0.1, -0.05) is 17.4 Å². The molecule has 1 aromatic carbocycles. The number of sulfonamides is 1. The van der Waals surface area contributed by atoms with Crippen LogP contribution >= 0.6 is 11.3 Å². The fourth-order valence-electron chi connectivity index (χ4n) is 5.08. The number of nitrogens with zero attached hydrogens (tertiary/aromatic N) is 2. The van der Waals surface area contributed by atoms with Crippen LogP contribution < -0.4 is 16.4 Å². The lowest BCUT2D eigenvalue weighted by Crippen LogP contribution is -2.43. The van der Waals surface area contributed by atoms with Gasteiger partial charge in [-0.2, -0.15) is 0 Å². The van der Waals surface area contributed by atoms with Crippen LogP contribution in [0.15, 0.2) is 18.2 Å². The molecule has 0 atom stereocenters. The minimum Gasteiger partial charge on any atom is -0.396 e. The van der Waals surface area contributed by atoms with Crippen LogP contribution in [-0.4, -0.2) is 72.7 Å². The number of carbonyl (C=O) groups is 1. The Balaban J connectivity index is 1.23. The average molecular weight is 572 g/mol. The first-order valence-corrected chi connectivity index (χ1v) is 15.4. The molecule has 2 fully saturated rings. The monoisotopic (exact) mass is 571 g/mol. The van der Waals surface area contributed by atoms with Crippen molar-refractivity contribution in [2.24, 2.45) is 5.92 Å². The molecule has 1 aliphatic heterocycles. The van der Waals surface area contributed by atoms with Crippen molar-refractivity contribution in [1.29, 1.82) is 0 Å². The molecule has 1 saturated heterocycles. The van der Waals surface area contributed by atoms with Gasteiger partial charge in [0.25, 0.3) is 0 Å². The van der Waals surface area contributed by atoms with Gasteiger partial charge in [0, 0.05) is 31.8 Å². The van der Waals surface area contributed by atoms with Crippen LogP contribution in [0.5, 0.6) is 0 Å². The topological polar surface area (TPSA) is 138 Å². The molecule has 1 aromatic heterocycles. The number of nitrogens with two attached hydrogens (primary N) is 1. The number of nitrogens with one attached hydrogen (secondary N) is 2. The largest absolute Gasteiger partial charge is 0.396 e. The third kappa shape index (κ3) is 7.06. The molecule has 2 aliphatic rings. The number of hydrogen-bond donors (Lipinski definition) is 4. The maximum Gasteiger partial charge on any atom is 0.214 e. The zero-order valence-corrected chi connectivity index (χ0v) is 22.8. The summed E-state index contributed by atoms with van der Waals surface area (Å²) in [5.41, 5.74) is 5.20. The third-order valence-electron chi connectivity index (χ3n) is 7.34. The molecule has 0 amide bonds. The number of rotatable bonds is 11. The Morgan fingerprint density at radius 3 is 2.39 bits per heavy atom. The Hall–Kier alpha value is -2.19. The van der Waals surface area contributed by atoms with E-state index in [2.05, 4.69) is 15.6 Å². The number of ketones is 1. The smallest absolute Gasteiger partial charge is 0.214 e. The number of aliphatic hydroxyl groups excluding tert-OH is 1. The molecule has 5 N–H and O–H groups in total. The number of anilines is 2. The number of aliphatic hydroxyl groups is 1. The Morgan fingerprint density at radius 2 is 1.76 bits per heavy atom. The highest BCUT2D eigenvalue weighted by Gasteiger charge is 2.29. The minimum absolute atomic E-state index is 0.0495. The van der Waals surface area contributed by atoms with Gasteiger partial charge in [-0.25, -0.2) is 26.5 Å². The maximum absolute atomic E-state index is 14.0. The van der Waals surface area contributed by atoms with Gasteiger partial charge in [-0.05, 0) is 69.5 Å². The molecule has 0 spiro atoms. The van der Waals surface area contributed by atoms with Crippen molar-refractivity contribution < 1.29 is 27.1 Å². The first kappa shape index (κ1) is 28.8. The van der Waals surface area contributed by atoms with Crippen molar-refractivity contribution in [2.45, 2.75) is 57.0 Å². The van der Waals surface area contributed by atoms with Gasteiger partial charge in [0.1, 0.15) is 22.3 Å². The summed E-state index contributed by atoms with van der Waals surface area (Å²) < 4.78 is 55.2. The molecule has 210 valence electrons. The van der Waals surface area contributed by atoms with Gasteiger partial charge in [0.15, 0.2) is 5.13 Å². The van der Waals surface area contributed by atoms with E-state index < -0.39 is 33.0 Å². The second kappa shape index (κ2) is 12.8. The van der Waals surface area contributed by atoms with Gasteiger partial charge in [0.2, 0.25) is 15.8 Å². The summed E-state index contributed by atoms with van der Waals surface area (Å²) in [6, 6.07) is 3.52. The Labute approximate surface area is 225 Å². The minimum atomic E-state index is -3.36. The lowest BCUT2D eigenvalue weighted by atomic mass is 9.86. The SMILES string of the molecule is Nc1nc(NC2CCN(S(=O)(=O)CCCNC3CCC(CO)CC3)CC2)sc1C(=O)c1c(F)cccc1F. The van der Waals surface area contributed by atoms with Crippen molar-refractivity contribution in [1.82, 2.24) is 14.6 Å². The lowest BCUT2D eigenvalue weighted by molar-refractivity contribution is 0.103. The first-order chi connectivity index (χ1) is 18.2. The molecule has 0 bridgehead atoms. The van der Waals surface area contributed by atoms with E-state index in [4.69, 9.17) is 5.73 Å². The van der Waals surface area contributed by atoms with Crippen LogP contribution in [0.4, 0.5) is 19.7 Å². The average Bonchev–Trinajstić information content (AvgIpc) is 3.27. The van der Waals surface area contributed by atoms with Crippen LogP contribution in [0.3, 0.4) is 0 Å². The molecule has 38 heavy (non-hydrogen) atoms. The van der Waals surface area contributed by atoms with Crippen molar-refractivity contribution in [3.8, 4) is 0 Å². The number of carbonyl (C=O) groups excluding carboxylic acids is 1. The summed E-state index contributed by atoms with van der Waals surface area (Å²) in [6.07, 6.45) is 5.68. The van der Waals surface area contributed by atoms with E-state index in [0.29, 0.717) is 56.0 Å². The van der Waals surface area contributed by atoms with E-state index >= 15 is 0 Å². The van der Waals surface area contributed by atoms with Gasteiger partial charge >= 0.3 is 0 Å². The highest BCUT2D eigenvalue weighted by molar-refractivity contribution is 7.89. The van der Waals surface area contributed by atoms with E-state index in [1.165, 1.54) is 10.4 Å². The number of aromatic nitrogens is 1. The zero-order chi connectivity index (χ0) is 27.3. The number of piperidine rings is 1. The van der Waals surface area contributed by atoms with E-state index in [9.17, 15) is 27.1 Å². The van der Waals surface area contributed by atoms with E-state index in [1.807, 2.05) is 0 Å². The molecular formula is C25H35F2N5O4S2.